The van der Waals surface area contributed by atoms with Crippen LogP contribution in [0.2, 0.25) is 5.02 Å². The van der Waals surface area contributed by atoms with Crippen LogP contribution in [0.3, 0.4) is 0 Å². The van der Waals surface area contributed by atoms with Crippen LogP contribution in [0.1, 0.15) is 35.2 Å². The summed E-state index contributed by atoms with van der Waals surface area (Å²) in [6, 6.07) is 30.8. The van der Waals surface area contributed by atoms with Gasteiger partial charge in [0.25, 0.3) is 5.91 Å². The van der Waals surface area contributed by atoms with Crippen molar-refractivity contribution in [3.8, 4) is 5.75 Å². The average Bonchev–Trinajstić information content (AvgIpc) is 3.42. The van der Waals surface area contributed by atoms with Crippen molar-refractivity contribution in [3.05, 3.63) is 140 Å². The number of hydrogen-bond acceptors (Lipinski definition) is 6. The number of ether oxygens (including phenoxy) is 1. The number of aryl methyl sites for hydroxylation is 1. The second-order valence-electron chi connectivity index (χ2n) is 10.4. The topological polar surface area (TPSA) is 81.1 Å². The van der Waals surface area contributed by atoms with E-state index in [0.29, 0.717) is 39.8 Å². The van der Waals surface area contributed by atoms with Gasteiger partial charge in [0.1, 0.15) is 18.4 Å². The van der Waals surface area contributed by atoms with E-state index in [2.05, 4.69) is 26.6 Å². The quantitative estimate of drug-likeness (QED) is 0.151. The first-order valence-corrected chi connectivity index (χ1v) is 16.2. The van der Waals surface area contributed by atoms with Crippen molar-refractivity contribution in [2.75, 3.05) is 10.6 Å². The minimum atomic E-state index is -0.515. The van der Waals surface area contributed by atoms with Gasteiger partial charge in [-0.15, -0.1) is 5.10 Å². The zero-order valence-corrected chi connectivity index (χ0v) is 27.2. The smallest absolute Gasteiger partial charge is 0.255 e. The van der Waals surface area contributed by atoms with E-state index < -0.39 is 6.04 Å². The number of hydrogen-bond donors (Lipinski definition) is 2. The lowest BCUT2D eigenvalue weighted by molar-refractivity contribution is -0.113. The molecule has 1 unspecified atom stereocenters. The Hall–Kier alpha value is -4.05. The predicted octanol–water partition coefficient (Wildman–Crippen LogP) is 8.80. The van der Waals surface area contributed by atoms with Crippen molar-refractivity contribution >= 4 is 56.8 Å². The standard InChI is InChI=1S/C34H29BrClN5O2S/c1-21-6-5-8-27(18-21)38-32(42)30-22(2)37-33-39-34(44-20-25-7-3-4-9-29(25)36)40-41(33)31(30)24-12-16-28(17-13-24)43-19-23-10-14-26(35)15-11-23/h3-18,31H,19-20H2,1-2H3,(H,38,42)(H,37,39,40). The van der Waals surface area contributed by atoms with Crippen molar-refractivity contribution in [2.45, 2.75) is 37.4 Å². The van der Waals surface area contributed by atoms with Gasteiger partial charge < -0.3 is 15.4 Å². The van der Waals surface area contributed by atoms with E-state index in [1.807, 2.05) is 111 Å². The molecule has 6 rings (SSSR count). The van der Waals surface area contributed by atoms with Crippen molar-refractivity contribution in [3.63, 3.8) is 0 Å². The van der Waals surface area contributed by atoms with Crippen LogP contribution < -0.4 is 15.4 Å². The van der Waals surface area contributed by atoms with E-state index in [1.165, 1.54) is 11.8 Å². The van der Waals surface area contributed by atoms with Gasteiger partial charge in [-0.05, 0) is 78.6 Å². The molecule has 1 aliphatic heterocycles. The van der Waals surface area contributed by atoms with Gasteiger partial charge in [-0.2, -0.15) is 4.98 Å². The molecule has 7 nitrogen and oxygen atoms in total. The maximum Gasteiger partial charge on any atom is 0.255 e. The van der Waals surface area contributed by atoms with E-state index in [-0.39, 0.29) is 5.91 Å². The van der Waals surface area contributed by atoms with Gasteiger partial charge in [0.05, 0.1) is 5.57 Å². The molecule has 0 spiro atoms. The summed E-state index contributed by atoms with van der Waals surface area (Å²) in [5, 5.41) is 12.5. The molecule has 0 fully saturated rings. The molecule has 0 bridgehead atoms. The molecule has 5 aromatic rings. The molecular formula is C34H29BrClN5O2S. The molecule has 1 atom stereocenters. The summed E-state index contributed by atoms with van der Waals surface area (Å²) in [6.07, 6.45) is 0. The van der Waals surface area contributed by atoms with E-state index in [1.54, 1.807) is 4.68 Å². The Kier molecular flexibility index (Phi) is 9.07. The van der Waals surface area contributed by atoms with E-state index in [9.17, 15) is 4.79 Å². The molecule has 10 heteroatoms. The predicted molar refractivity (Wildman–Crippen MR) is 180 cm³/mol. The van der Waals surface area contributed by atoms with Crippen molar-refractivity contribution in [2.24, 2.45) is 0 Å². The van der Waals surface area contributed by atoms with Gasteiger partial charge in [0, 0.05) is 26.6 Å². The summed E-state index contributed by atoms with van der Waals surface area (Å²) in [5.74, 6) is 1.70. The van der Waals surface area contributed by atoms with E-state index in [0.717, 1.165) is 38.2 Å². The number of fused-ring (bicyclic) bond motifs is 1. The summed E-state index contributed by atoms with van der Waals surface area (Å²) in [7, 11) is 0. The molecule has 0 radical (unpaired) electrons. The van der Waals surface area contributed by atoms with Gasteiger partial charge in [0.15, 0.2) is 0 Å². The van der Waals surface area contributed by atoms with E-state index >= 15 is 0 Å². The number of nitrogens with one attached hydrogen (secondary N) is 2. The number of allylic oxidation sites excluding steroid dienone is 1. The Labute approximate surface area is 273 Å². The summed E-state index contributed by atoms with van der Waals surface area (Å²) in [4.78, 5) is 18.6. The first-order chi connectivity index (χ1) is 21.3. The van der Waals surface area contributed by atoms with Crippen LogP contribution in [0.4, 0.5) is 11.6 Å². The molecule has 222 valence electrons. The normalized spacial score (nSPS) is 14.1. The molecule has 0 saturated heterocycles. The third kappa shape index (κ3) is 6.85. The fourth-order valence-electron chi connectivity index (χ4n) is 4.97. The zero-order chi connectivity index (χ0) is 30.6. The second kappa shape index (κ2) is 13.3. The fourth-order valence-corrected chi connectivity index (χ4v) is 6.35. The largest absolute Gasteiger partial charge is 0.489 e. The molecule has 2 heterocycles. The molecule has 1 amide bonds. The highest BCUT2D eigenvalue weighted by molar-refractivity contribution is 9.10. The highest BCUT2D eigenvalue weighted by Crippen LogP contribution is 2.38. The number of benzene rings is 4. The maximum atomic E-state index is 13.9. The molecule has 44 heavy (non-hydrogen) atoms. The number of halogens is 2. The van der Waals surface area contributed by atoms with Crippen LogP contribution in [-0.4, -0.2) is 20.7 Å². The molecule has 2 N–H and O–H groups in total. The van der Waals surface area contributed by atoms with Crippen LogP contribution in [0.15, 0.2) is 118 Å². The lowest BCUT2D eigenvalue weighted by Crippen LogP contribution is -2.31. The first-order valence-electron chi connectivity index (χ1n) is 14.0. The van der Waals surface area contributed by atoms with Crippen molar-refractivity contribution < 1.29 is 9.53 Å². The van der Waals surface area contributed by atoms with Crippen LogP contribution in [0, 0.1) is 6.92 Å². The molecule has 0 aliphatic carbocycles. The Morgan fingerprint density at radius 1 is 1.02 bits per heavy atom. The molecule has 4 aromatic carbocycles. The summed E-state index contributed by atoms with van der Waals surface area (Å²) < 4.78 is 8.86. The number of aromatic nitrogens is 3. The Morgan fingerprint density at radius 3 is 2.55 bits per heavy atom. The first kappa shape index (κ1) is 30.0. The number of amides is 1. The van der Waals surface area contributed by atoms with Crippen LogP contribution in [-0.2, 0) is 17.2 Å². The fraction of sp³-hybridized carbons (Fsp3) is 0.147. The van der Waals surface area contributed by atoms with Gasteiger partial charge >= 0.3 is 0 Å². The van der Waals surface area contributed by atoms with Crippen LogP contribution in [0.5, 0.6) is 5.75 Å². The molecule has 0 saturated carbocycles. The maximum absolute atomic E-state index is 13.9. The zero-order valence-electron chi connectivity index (χ0n) is 24.1. The highest BCUT2D eigenvalue weighted by Gasteiger charge is 2.34. The minimum absolute atomic E-state index is 0.215. The third-order valence-corrected chi connectivity index (χ3v) is 8.97. The Morgan fingerprint density at radius 2 is 1.80 bits per heavy atom. The van der Waals surface area contributed by atoms with Gasteiger partial charge in [-0.1, -0.05) is 93.9 Å². The lowest BCUT2D eigenvalue weighted by Gasteiger charge is -2.28. The number of nitrogens with zero attached hydrogens (tertiary/aromatic N) is 3. The van der Waals surface area contributed by atoms with Crippen LogP contribution in [0.25, 0.3) is 0 Å². The summed E-state index contributed by atoms with van der Waals surface area (Å²) in [5.41, 5.74) is 6.00. The monoisotopic (exact) mass is 685 g/mol. The Bertz CT molecular complexity index is 1840. The van der Waals surface area contributed by atoms with Gasteiger partial charge in [-0.25, -0.2) is 4.68 Å². The minimum Gasteiger partial charge on any atom is -0.489 e. The Balaban J connectivity index is 1.29. The second-order valence-corrected chi connectivity index (χ2v) is 12.7. The SMILES string of the molecule is CC1=C(C(=O)Nc2cccc(C)c2)C(c2ccc(OCc3ccc(Br)cc3)cc2)n2nc(SCc3ccccc3Cl)nc2N1. The summed E-state index contributed by atoms with van der Waals surface area (Å²) >= 11 is 11.3. The highest BCUT2D eigenvalue weighted by atomic mass is 79.9. The lowest BCUT2D eigenvalue weighted by atomic mass is 9.95. The van der Waals surface area contributed by atoms with E-state index in [4.69, 9.17) is 26.4 Å². The number of thioether (sulfide) groups is 1. The van der Waals surface area contributed by atoms with Gasteiger partial charge in [0.2, 0.25) is 11.1 Å². The van der Waals surface area contributed by atoms with Gasteiger partial charge in [-0.3, -0.25) is 4.79 Å². The number of carbonyl (C=O) groups is 1. The van der Waals surface area contributed by atoms with Crippen molar-refractivity contribution in [1.82, 2.24) is 14.8 Å². The molecule has 1 aliphatic rings. The third-order valence-electron chi connectivity index (χ3n) is 7.18. The molecule has 1 aromatic heterocycles. The molecular weight excluding hydrogens is 658 g/mol. The number of carbonyl (C=O) groups excluding carboxylic acids is 1. The van der Waals surface area contributed by atoms with Crippen molar-refractivity contribution in [1.29, 1.82) is 0 Å². The van der Waals surface area contributed by atoms with Crippen LogP contribution >= 0.6 is 39.3 Å². The summed E-state index contributed by atoms with van der Waals surface area (Å²) in [6.45, 7) is 4.33. The number of rotatable bonds is 9. The number of anilines is 2. The average molecular weight is 687 g/mol.